The second-order valence-electron chi connectivity index (χ2n) is 5.35. The molecule has 0 saturated carbocycles. The van der Waals surface area contributed by atoms with Crippen LogP contribution < -0.4 is 5.73 Å². The summed E-state index contributed by atoms with van der Waals surface area (Å²) in [5.74, 6) is 1.89. The van der Waals surface area contributed by atoms with Crippen LogP contribution >= 0.6 is 0 Å². The molecule has 2 rings (SSSR count). The molecule has 1 unspecified atom stereocenters. The number of furan rings is 1. The topological polar surface area (TPSA) is 39.2 Å². The third kappa shape index (κ3) is 3.07. The zero-order chi connectivity index (χ0) is 14.0. The smallest absolute Gasteiger partial charge is 0.121 e. The molecular formula is C17H23NO. The van der Waals surface area contributed by atoms with E-state index in [2.05, 4.69) is 39.8 Å². The van der Waals surface area contributed by atoms with Gasteiger partial charge in [0.15, 0.2) is 0 Å². The van der Waals surface area contributed by atoms with Gasteiger partial charge >= 0.3 is 0 Å². The fraction of sp³-hybridized carbons (Fsp3) is 0.412. The molecule has 1 aromatic heterocycles. The van der Waals surface area contributed by atoms with Crippen LogP contribution in [0.3, 0.4) is 0 Å². The summed E-state index contributed by atoms with van der Waals surface area (Å²) in [4.78, 5) is 0. The Labute approximate surface area is 115 Å². The van der Waals surface area contributed by atoms with E-state index in [0.29, 0.717) is 0 Å². The van der Waals surface area contributed by atoms with Gasteiger partial charge in [0.25, 0.3) is 0 Å². The summed E-state index contributed by atoms with van der Waals surface area (Å²) in [6, 6.07) is 8.39. The van der Waals surface area contributed by atoms with Gasteiger partial charge in [0.1, 0.15) is 11.5 Å². The molecule has 0 aliphatic rings. The summed E-state index contributed by atoms with van der Waals surface area (Å²) in [7, 11) is 0. The molecular weight excluding hydrogens is 234 g/mol. The molecule has 2 nitrogen and oxygen atoms in total. The van der Waals surface area contributed by atoms with Gasteiger partial charge in [0.05, 0.1) is 6.04 Å². The van der Waals surface area contributed by atoms with E-state index in [1.54, 1.807) is 0 Å². The molecule has 2 aromatic rings. The van der Waals surface area contributed by atoms with Crippen LogP contribution in [0.25, 0.3) is 0 Å². The zero-order valence-corrected chi connectivity index (χ0v) is 12.3. The number of hydrogen-bond donors (Lipinski definition) is 1. The molecule has 19 heavy (non-hydrogen) atoms. The van der Waals surface area contributed by atoms with Crippen molar-refractivity contribution in [1.29, 1.82) is 0 Å². The molecule has 1 atom stereocenters. The summed E-state index contributed by atoms with van der Waals surface area (Å²) < 4.78 is 5.75. The maximum atomic E-state index is 6.28. The van der Waals surface area contributed by atoms with Crippen molar-refractivity contribution in [2.24, 2.45) is 5.73 Å². The largest absolute Gasteiger partial charge is 0.464 e. The van der Waals surface area contributed by atoms with Crippen LogP contribution in [-0.2, 0) is 12.8 Å². The number of aryl methyl sites for hydroxylation is 4. The van der Waals surface area contributed by atoms with Crippen molar-refractivity contribution in [2.45, 2.75) is 46.6 Å². The number of nitrogens with two attached hydrogens (primary N) is 1. The minimum Gasteiger partial charge on any atom is -0.464 e. The summed E-state index contributed by atoms with van der Waals surface area (Å²) in [6.07, 6.45) is 1.74. The van der Waals surface area contributed by atoms with E-state index in [-0.39, 0.29) is 6.04 Å². The molecule has 0 aliphatic carbocycles. The van der Waals surface area contributed by atoms with Crippen molar-refractivity contribution in [3.8, 4) is 0 Å². The third-order valence-corrected chi connectivity index (χ3v) is 3.66. The Morgan fingerprint density at radius 3 is 2.26 bits per heavy atom. The van der Waals surface area contributed by atoms with Crippen LogP contribution in [0.4, 0.5) is 0 Å². The van der Waals surface area contributed by atoms with Gasteiger partial charge in [0.2, 0.25) is 0 Å². The van der Waals surface area contributed by atoms with Crippen molar-refractivity contribution >= 4 is 0 Å². The standard InChI is InChI=1S/C17H23NO/c1-5-14-6-7-17(19-14)16(18)10-15-12(3)8-11(2)9-13(15)4/h6-9,16H,5,10,18H2,1-4H3. The lowest BCUT2D eigenvalue weighted by atomic mass is 9.94. The second kappa shape index (κ2) is 5.62. The monoisotopic (exact) mass is 257 g/mol. The average Bonchev–Trinajstić information content (AvgIpc) is 2.82. The minimum absolute atomic E-state index is 0.0691. The minimum atomic E-state index is -0.0691. The van der Waals surface area contributed by atoms with E-state index >= 15 is 0 Å². The lowest BCUT2D eigenvalue weighted by molar-refractivity contribution is 0.434. The van der Waals surface area contributed by atoms with Gasteiger partial charge in [-0.15, -0.1) is 0 Å². The van der Waals surface area contributed by atoms with Gasteiger partial charge in [-0.05, 0) is 56.0 Å². The van der Waals surface area contributed by atoms with Crippen molar-refractivity contribution in [2.75, 3.05) is 0 Å². The lowest BCUT2D eigenvalue weighted by Crippen LogP contribution is -2.14. The Morgan fingerprint density at radius 1 is 1.11 bits per heavy atom. The molecule has 1 heterocycles. The first-order chi connectivity index (χ1) is 9.01. The SMILES string of the molecule is CCc1ccc(C(N)Cc2c(C)cc(C)cc2C)o1. The molecule has 0 amide bonds. The normalized spacial score (nSPS) is 12.7. The Morgan fingerprint density at radius 2 is 1.74 bits per heavy atom. The van der Waals surface area contributed by atoms with Crippen LogP contribution in [0, 0.1) is 20.8 Å². The Bertz CT molecular complexity index is 545. The number of benzene rings is 1. The van der Waals surface area contributed by atoms with Gasteiger partial charge in [0, 0.05) is 6.42 Å². The maximum absolute atomic E-state index is 6.28. The molecule has 0 aliphatic heterocycles. The highest BCUT2D eigenvalue weighted by Gasteiger charge is 2.14. The molecule has 2 heteroatoms. The van der Waals surface area contributed by atoms with Crippen molar-refractivity contribution < 1.29 is 4.42 Å². The summed E-state index contributed by atoms with van der Waals surface area (Å²) >= 11 is 0. The van der Waals surface area contributed by atoms with E-state index in [9.17, 15) is 0 Å². The van der Waals surface area contributed by atoms with Crippen molar-refractivity contribution in [3.63, 3.8) is 0 Å². The van der Waals surface area contributed by atoms with E-state index in [0.717, 1.165) is 24.4 Å². The highest BCUT2D eigenvalue weighted by atomic mass is 16.3. The summed E-state index contributed by atoms with van der Waals surface area (Å²) in [5.41, 5.74) is 11.6. The van der Waals surface area contributed by atoms with Crippen molar-refractivity contribution in [3.05, 3.63) is 58.0 Å². The van der Waals surface area contributed by atoms with Gasteiger partial charge in [-0.2, -0.15) is 0 Å². The highest BCUT2D eigenvalue weighted by Crippen LogP contribution is 2.24. The lowest BCUT2D eigenvalue weighted by Gasteiger charge is -2.15. The molecule has 0 radical (unpaired) electrons. The molecule has 0 saturated heterocycles. The van der Waals surface area contributed by atoms with Crippen molar-refractivity contribution in [1.82, 2.24) is 0 Å². The van der Waals surface area contributed by atoms with Crippen LogP contribution in [0.2, 0.25) is 0 Å². The van der Waals surface area contributed by atoms with Gasteiger partial charge in [-0.1, -0.05) is 24.6 Å². The van der Waals surface area contributed by atoms with Crippen LogP contribution in [0.5, 0.6) is 0 Å². The molecule has 0 bridgehead atoms. The van der Waals surface area contributed by atoms with Gasteiger partial charge in [-0.25, -0.2) is 0 Å². The van der Waals surface area contributed by atoms with E-state index in [1.165, 1.54) is 22.3 Å². The van der Waals surface area contributed by atoms with E-state index in [4.69, 9.17) is 10.2 Å². The number of rotatable bonds is 4. The van der Waals surface area contributed by atoms with Crippen LogP contribution in [0.15, 0.2) is 28.7 Å². The third-order valence-electron chi connectivity index (χ3n) is 3.66. The van der Waals surface area contributed by atoms with Crippen LogP contribution in [-0.4, -0.2) is 0 Å². The fourth-order valence-electron chi connectivity index (χ4n) is 2.64. The number of hydrogen-bond acceptors (Lipinski definition) is 2. The highest BCUT2D eigenvalue weighted by molar-refractivity contribution is 5.38. The van der Waals surface area contributed by atoms with Gasteiger partial charge < -0.3 is 10.2 Å². The first kappa shape index (κ1) is 13.9. The van der Waals surface area contributed by atoms with Crippen LogP contribution in [0.1, 0.15) is 46.7 Å². The Kier molecular flexibility index (Phi) is 4.11. The van der Waals surface area contributed by atoms with Gasteiger partial charge in [-0.3, -0.25) is 0 Å². The fourth-order valence-corrected chi connectivity index (χ4v) is 2.64. The summed E-state index contributed by atoms with van der Waals surface area (Å²) in [6.45, 7) is 8.52. The zero-order valence-electron chi connectivity index (χ0n) is 12.3. The molecule has 2 N–H and O–H groups in total. The Hall–Kier alpha value is -1.54. The molecule has 102 valence electrons. The molecule has 0 spiro atoms. The Balaban J connectivity index is 2.21. The first-order valence-corrected chi connectivity index (χ1v) is 6.92. The summed E-state index contributed by atoms with van der Waals surface area (Å²) in [5, 5.41) is 0. The maximum Gasteiger partial charge on any atom is 0.121 e. The molecule has 0 fully saturated rings. The predicted molar refractivity (Wildman–Crippen MR) is 79.4 cm³/mol. The van der Waals surface area contributed by atoms with E-state index < -0.39 is 0 Å². The molecule has 1 aromatic carbocycles. The first-order valence-electron chi connectivity index (χ1n) is 6.92. The quantitative estimate of drug-likeness (QED) is 0.898. The second-order valence-corrected chi connectivity index (χ2v) is 5.35. The average molecular weight is 257 g/mol. The predicted octanol–water partition coefficient (Wildman–Crippen LogP) is 4.01. The van der Waals surface area contributed by atoms with E-state index in [1.807, 2.05) is 12.1 Å².